The number of carbonyl (C=O) groups excluding carboxylic acids is 1. The number of hydrogen-bond donors (Lipinski definition) is 0. The van der Waals surface area contributed by atoms with Gasteiger partial charge in [-0.1, -0.05) is 6.07 Å². The summed E-state index contributed by atoms with van der Waals surface area (Å²) in [5.74, 6) is -24.4. The summed E-state index contributed by atoms with van der Waals surface area (Å²) in [4.78, 5) is 12.2. The highest BCUT2D eigenvalue weighted by Crippen LogP contribution is 2.56. The Balaban J connectivity index is 2.46. The fourth-order valence-corrected chi connectivity index (χ4v) is 2.83. The second-order valence-corrected chi connectivity index (χ2v) is 5.98. The minimum absolute atomic E-state index is 0.0425. The predicted molar refractivity (Wildman–Crippen MR) is 74.6 cm³/mol. The standard InChI is InChI=1S/C16H13F9O2/c1-2-27-9-5-3-8-4-6-11(12(26)10(8)7-9)13(17,18)14(19,20)15(21,22)16(23,24)25/h3,5,7,11H,2,4,6H2,1H3. The van der Waals surface area contributed by atoms with Gasteiger partial charge in [-0.15, -0.1) is 0 Å². The zero-order chi connectivity index (χ0) is 20.8. The number of carbonyl (C=O) groups is 1. The summed E-state index contributed by atoms with van der Waals surface area (Å²) in [6.45, 7) is 1.69. The van der Waals surface area contributed by atoms with Gasteiger partial charge in [0.15, 0.2) is 5.78 Å². The molecule has 0 amide bonds. The maximum atomic E-state index is 14.1. The van der Waals surface area contributed by atoms with Crippen molar-refractivity contribution in [2.24, 2.45) is 5.92 Å². The van der Waals surface area contributed by atoms with Crippen molar-refractivity contribution in [2.75, 3.05) is 6.61 Å². The molecule has 0 aliphatic heterocycles. The first-order chi connectivity index (χ1) is 12.2. The van der Waals surface area contributed by atoms with Crippen LogP contribution in [-0.2, 0) is 6.42 Å². The Morgan fingerprint density at radius 3 is 2.11 bits per heavy atom. The Hall–Kier alpha value is -1.94. The Bertz CT molecular complexity index is 725. The number of rotatable bonds is 5. The third-order valence-corrected chi connectivity index (χ3v) is 4.28. The highest BCUT2D eigenvalue weighted by Gasteiger charge is 2.83. The third kappa shape index (κ3) is 3.25. The van der Waals surface area contributed by atoms with Crippen LogP contribution < -0.4 is 4.74 Å². The SMILES string of the molecule is CCOc1ccc2c(c1)C(=O)C(C(F)(F)C(F)(F)C(F)(F)C(F)(F)F)CC2. The van der Waals surface area contributed by atoms with Gasteiger partial charge in [-0.3, -0.25) is 4.79 Å². The number of aryl methyl sites for hydroxylation is 1. The molecule has 1 aliphatic rings. The van der Waals surface area contributed by atoms with Crippen LogP contribution in [0.25, 0.3) is 0 Å². The molecule has 0 bridgehead atoms. The summed E-state index contributed by atoms with van der Waals surface area (Å²) in [5, 5.41) is 0. The minimum Gasteiger partial charge on any atom is -0.494 e. The average molecular weight is 408 g/mol. The average Bonchev–Trinajstić information content (AvgIpc) is 2.54. The highest BCUT2D eigenvalue weighted by atomic mass is 19.4. The van der Waals surface area contributed by atoms with Gasteiger partial charge < -0.3 is 4.74 Å². The number of hydrogen-bond acceptors (Lipinski definition) is 2. The normalized spacial score (nSPS) is 19.0. The second kappa shape index (κ2) is 6.59. The van der Waals surface area contributed by atoms with Crippen molar-refractivity contribution in [3.05, 3.63) is 29.3 Å². The number of ketones is 1. The van der Waals surface area contributed by atoms with E-state index in [2.05, 4.69) is 0 Å². The van der Waals surface area contributed by atoms with E-state index in [0.717, 1.165) is 6.07 Å². The van der Waals surface area contributed by atoms with Gasteiger partial charge in [-0.2, -0.15) is 39.5 Å². The minimum atomic E-state index is -7.02. The predicted octanol–water partition coefficient (Wildman–Crippen LogP) is 5.30. The lowest BCUT2D eigenvalue weighted by Gasteiger charge is -2.38. The van der Waals surface area contributed by atoms with Gasteiger partial charge in [-0.05, 0) is 37.5 Å². The van der Waals surface area contributed by atoms with Crippen LogP contribution in [0.5, 0.6) is 5.75 Å². The molecule has 1 aliphatic carbocycles. The first-order valence-electron chi connectivity index (χ1n) is 7.68. The van der Waals surface area contributed by atoms with Crippen molar-refractivity contribution in [3.8, 4) is 5.75 Å². The molecule has 1 aromatic rings. The lowest BCUT2D eigenvalue weighted by atomic mass is 9.76. The molecule has 1 unspecified atom stereocenters. The van der Waals surface area contributed by atoms with Gasteiger partial charge in [0.1, 0.15) is 5.75 Å². The van der Waals surface area contributed by atoms with Crippen LogP contribution in [-0.4, -0.2) is 36.3 Å². The summed E-state index contributed by atoms with van der Waals surface area (Å²) in [7, 11) is 0. The zero-order valence-electron chi connectivity index (χ0n) is 13.6. The molecule has 152 valence electrons. The zero-order valence-corrected chi connectivity index (χ0v) is 13.6. The van der Waals surface area contributed by atoms with Crippen LogP contribution in [0.15, 0.2) is 18.2 Å². The van der Waals surface area contributed by atoms with Crippen LogP contribution >= 0.6 is 0 Å². The van der Waals surface area contributed by atoms with Crippen molar-refractivity contribution in [3.63, 3.8) is 0 Å². The maximum absolute atomic E-state index is 14.1. The number of ether oxygens (including phenoxy) is 1. The second-order valence-electron chi connectivity index (χ2n) is 5.98. The van der Waals surface area contributed by atoms with Crippen LogP contribution in [0.4, 0.5) is 39.5 Å². The molecule has 0 spiro atoms. The van der Waals surface area contributed by atoms with Crippen LogP contribution in [0, 0.1) is 5.92 Å². The van der Waals surface area contributed by atoms with Crippen LogP contribution in [0.3, 0.4) is 0 Å². The monoisotopic (exact) mass is 408 g/mol. The molecule has 0 saturated carbocycles. The van der Waals surface area contributed by atoms with E-state index in [-0.39, 0.29) is 24.3 Å². The number of Topliss-reactive ketones (excluding diaryl/α,β-unsaturated/α-hetero) is 1. The smallest absolute Gasteiger partial charge is 0.460 e. The Kier molecular flexibility index (Phi) is 5.21. The summed E-state index contributed by atoms with van der Waals surface area (Å²) < 4.78 is 123. The lowest BCUT2D eigenvalue weighted by Crippen LogP contribution is -2.64. The molecule has 2 rings (SSSR count). The van der Waals surface area contributed by atoms with E-state index in [9.17, 15) is 44.3 Å². The summed E-state index contributed by atoms with van der Waals surface area (Å²) >= 11 is 0. The van der Waals surface area contributed by atoms with Crippen molar-refractivity contribution in [1.82, 2.24) is 0 Å². The van der Waals surface area contributed by atoms with E-state index in [1.165, 1.54) is 12.1 Å². The van der Waals surface area contributed by atoms with Crippen molar-refractivity contribution < 1.29 is 49.0 Å². The number of alkyl halides is 9. The van der Waals surface area contributed by atoms with E-state index in [4.69, 9.17) is 4.74 Å². The van der Waals surface area contributed by atoms with E-state index >= 15 is 0 Å². The van der Waals surface area contributed by atoms with Gasteiger partial charge in [0.05, 0.1) is 12.5 Å². The van der Waals surface area contributed by atoms with Gasteiger partial charge in [0.25, 0.3) is 0 Å². The first-order valence-corrected chi connectivity index (χ1v) is 7.68. The van der Waals surface area contributed by atoms with E-state index < -0.39 is 47.6 Å². The number of benzene rings is 1. The van der Waals surface area contributed by atoms with Crippen LogP contribution in [0.1, 0.15) is 29.3 Å². The molecule has 0 heterocycles. The molecule has 2 nitrogen and oxygen atoms in total. The van der Waals surface area contributed by atoms with Gasteiger partial charge in [0, 0.05) is 5.56 Å². The quantitative estimate of drug-likeness (QED) is 0.619. The molecule has 1 aromatic carbocycles. The largest absolute Gasteiger partial charge is 0.494 e. The Morgan fingerprint density at radius 1 is 1.00 bits per heavy atom. The fraction of sp³-hybridized carbons (Fsp3) is 0.562. The molecular formula is C16H13F9O2. The van der Waals surface area contributed by atoms with Crippen LogP contribution in [0.2, 0.25) is 0 Å². The molecule has 11 heteroatoms. The summed E-state index contributed by atoms with van der Waals surface area (Å²) in [6.07, 6.45) is -8.30. The topological polar surface area (TPSA) is 26.3 Å². The first kappa shape index (κ1) is 21.4. The van der Waals surface area contributed by atoms with Gasteiger partial charge in [-0.25, -0.2) is 0 Å². The Labute approximate surface area is 147 Å². The maximum Gasteiger partial charge on any atom is 0.460 e. The molecule has 0 aromatic heterocycles. The molecule has 1 atom stereocenters. The molecule has 0 saturated heterocycles. The van der Waals surface area contributed by atoms with Crippen molar-refractivity contribution >= 4 is 5.78 Å². The molecule has 0 radical (unpaired) electrons. The van der Waals surface area contributed by atoms with E-state index in [1.54, 1.807) is 6.92 Å². The van der Waals surface area contributed by atoms with Crippen molar-refractivity contribution in [1.29, 1.82) is 0 Å². The fourth-order valence-electron chi connectivity index (χ4n) is 2.83. The number of fused-ring (bicyclic) bond motifs is 1. The Morgan fingerprint density at radius 2 is 1.59 bits per heavy atom. The lowest BCUT2D eigenvalue weighted by molar-refractivity contribution is -0.400. The van der Waals surface area contributed by atoms with E-state index in [1.807, 2.05) is 0 Å². The highest BCUT2D eigenvalue weighted by molar-refractivity contribution is 6.01. The number of halogens is 9. The van der Waals surface area contributed by atoms with E-state index in [0.29, 0.717) is 0 Å². The third-order valence-electron chi connectivity index (χ3n) is 4.28. The summed E-state index contributed by atoms with van der Waals surface area (Å²) in [6, 6.07) is 3.68. The molecule has 27 heavy (non-hydrogen) atoms. The molecular weight excluding hydrogens is 395 g/mol. The molecule has 0 N–H and O–H groups in total. The summed E-state index contributed by atoms with van der Waals surface area (Å²) in [5.41, 5.74) is -0.288. The van der Waals surface area contributed by atoms with Gasteiger partial charge >= 0.3 is 23.9 Å². The van der Waals surface area contributed by atoms with Crippen molar-refractivity contribution in [2.45, 2.75) is 43.7 Å². The molecule has 0 fully saturated rings. The van der Waals surface area contributed by atoms with Gasteiger partial charge in [0.2, 0.25) is 0 Å².